The lowest BCUT2D eigenvalue weighted by molar-refractivity contribution is -0.141. The number of hydrogen-bond acceptors (Lipinski definition) is 6. The highest BCUT2D eigenvalue weighted by Gasteiger charge is 2.17. The fraction of sp³-hybridized carbons (Fsp3) is 0.750. The molecule has 0 saturated carbocycles. The summed E-state index contributed by atoms with van der Waals surface area (Å²) < 4.78 is 8.81. The number of ether oxygens (including phenoxy) is 2. The zero-order valence-electron chi connectivity index (χ0n) is 8.19. The van der Waals surface area contributed by atoms with E-state index in [0.717, 1.165) is 12.8 Å². The first-order chi connectivity index (χ1) is 6.61. The van der Waals surface area contributed by atoms with Gasteiger partial charge in [0, 0.05) is 6.54 Å². The van der Waals surface area contributed by atoms with Gasteiger partial charge in [0.15, 0.2) is 0 Å². The summed E-state index contributed by atoms with van der Waals surface area (Å²) in [7, 11) is 0. The van der Waals surface area contributed by atoms with Gasteiger partial charge in [-0.05, 0) is 6.42 Å². The van der Waals surface area contributed by atoms with Gasteiger partial charge in [0.2, 0.25) is 0 Å². The molecular weight excluding hydrogens is 188 g/mol. The van der Waals surface area contributed by atoms with E-state index in [1.54, 1.807) is 0 Å². The monoisotopic (exact) mass is 204 g/mol. The second kappa shape index (κ2) is 7.28. The molecule has 0 spiro atoms. The van der Waals surface area contributed by atoms with Crippen molar-refractivity contribution in [2.75, 3.05) is 13.2 Å². The summed E-state index contributed by atoms with van der Waals surface area (Å²) in [5, 5.41) is 0. The second-order valence-corrected chi connectivity index (χ2v) is 2.72. The Bertz CT molecular complexity index is 196. The van der Waals surface area contributed by atoms with Crippen LogP contribution in [0.1, 0.15) is 19.8 Å². The van der Waals surface area contributed by atoms with Crippen LogP contribution in [0.2, 0.25) is 0 Å². The minimum Gasteiger partial charge on any atom is -0.434 e. The average molecular weight is 204 g/mol. The maximum Gasteiger partial charge on any atom is 0.516 e. The molecule has 0 bridgehead atoms. The minimum absolute atomic E-state index is 0.0684. The van der Waals surface area contributed by atoms with Gasteiger partial charge < -0.3 is 20.9 Å². The summed E-state index contributed by atoms with van der Waals surface area (Å²) >= 11 is 0. The Morgan fingerprint density at radius 3 is 2.57 bits per heavy atom. The molecule has 14 heavy (non-hydrogen) atoms. The molecule has 6 heteroatoms. The van der Waals surface area contributed by atoms with Crippen LogP contribution in [0.25, 0.3) is 0 Å². The van der Waals surface area contributed by atoms with Crippen molar-refractivity contribution in [1.82, 2.24) is 0 Å². The number of carbonyl (C=O) groups excluding carboxylic acids is 2. The fourth-order valence-electron chi connectivity index (χ4n) is 0.583. The Balaban J connectivity index is 3.66. The van der Waals surface area contributed by atoms with Crippen LogP contribution in [0, 0.1) is 0 Å². The van der Waals surface area contributed by atoms with Crippen LogP contribution >= 0.6 is 0 Å². The van der Waals surface area contributed by atoms with Gasteiger partial charge in [0.25, 0.3) is 0 Å². The number of carbonyl (C=O) groups is 2. The van der Waals surface area contributed by atoms with Crippen molar-refractivity contribution in [1.29, 1.82) is 0 Å². The fourth-order valence-corrected chi connectivity index (χ4v) is 0.583. The molecule has 0 heterocycles. The number of unbranched alkanes of at least 4 members (excludes halogenated alkanes) is 1. The molecule has 0 radical (unpaired) electrons. The van der Waals surface area contributed by atoms with Gasteiger partial charge in [-0.3, -0.25) is 0 Å². The molecule has 1 unspecified atom stereocenters. The predicted molar refractivity (Wildman–Crippen MR) is 49.4 cm³/mol. The van der Waals surface area contributed by atoms with Gasteiger partial charge in [-0.25, -0.2) is 9.59 Å². The lowest BCUT2D eigenvalue weighted by Crippen LogP contribution is -2.40. The molecule has 0 aromatic carbocycles. The van der Waals surface area contributed by atoms with E-state index in [1.165, 1.54) is 0 Å². The number of esters is 1. The largest absolute Gasteiger partial charge is 0.516 e. The maximum atomic E-state index is 10.9. The van der Waals surface area contributed by atoms with Gasteiger partial charge >= 0.3 is 12.1 Å². The van der Waals surface area contributed by atoms with Crippen LogP contribution in [-0.4, -0.2) is 31.3 Å². The lowest BCUT2D eigenvalue weighted by atomic mass is 10.3. The van der Waals surface area contributed by atoms with Crippen molar-refractivity contribution >= 4 is 12.1 Å². The predicted octanol–water partition coefficient (Wildman–Crippen LogP) is -0.248. The van der Waals surface area contributed by atoms with Crippen molar-refractivity contribution in [3.63, 3.8) is 0 Å². The van der Waals surface area contributed by atoms with Gasteiger partial charge in [-0.1, -0.05) is 13.3 Å². The van der Waals surface area contributed by atoms with Gasteiger partial charge in [0.05, 0.1) is 6.61 Å². The van der Waals surface area contributed by atoms with E-state index in [0.29, 0.717) is 0 Å². The molecule has 0 aliphatic carbocycles. The van der Waals surface area contributed by atoms with E-state index in [4.69, 9.17) is 11.5 Å². The molecule has 0 aliphatic rings. The Morgan fingerprint density at radius 1 is 1.43 bits per heavy atom. The van der Waals surface area contributed by atoms with Gasteiger partial charge in [-0.2, -0.15) is 0 Å². The Morgan fingerprint density at radius 2 is 2.07 bits per heavy atom. The number of nitrogens with two attached hydrogens (primary N) is 2. The highest BCUT2D eigenvalue weighted by Crippen LogP contribution is 1.93. The van der Waals surface area contributed by atoms with Crippen molar-refractivity contribution in [2.24, 2.45) is 11.5 Å². The number of rotatable bonds is 5. The van der Waals surface area contributed by atoms with Gasteiger partial charge in [-0.15, -0.1) is 0 Å². The quantitative estimate of drug-likeness (QED) is 0.363. The number of hydrogen-bond donors (Lipinski definition) is 2. The Hall–Kier alpha value is -1.14. The average Bonchev–Trinajstić information content (AvgIpc) is 2.16. The Labute approximate surface area is 82.5 Å². The molecular formula is C8H16N2O4. The Kier molecular flexibility index (Phi) is 6.69. The summed E-state index contributed by atoms with van der Waals surface area (Å²) in [6, 6.07) is -0.978. The van der Waals surface area contributed by atoms with E-state index < -0.39 is 18.2 Å². The SMILES string of the molecule is CCCCOC(=O)OC(=O)C(N)CN. The van der Waals surface area contributed by atoms with Crippen molar-refractivity contribution in [2.45, 2.75) is 25.8 Å². The molecule has 4 N–H and O–H groups in total. The van der Waals surface area contributed by atoms with Crippen LogP contribution in [0.3, 0.4) is 0 Å². The standard InChI is InChI=1S/C8H16N2O4/c1-2-3-4-13-8(12)14-7(11)6(10)5-9/h6H,2-5,9-10H2,1H3. The second-order valence-electron chi connectivity index (χ2n) is 2.72. The third-order valence-corrected chi connectivity index (χ3v) is 1.46. The molecule has 0 aromatic rings. The maximum absolute atomic E-state index is 10.9. The molecule has 6 nitrogen and oxygen atoms in total. The highest BCUT2D eigenvalue weighted by atomic mass is 16.7. The van der Waals surface area contributed by atoms with Crippen molar-refractivity contribution < 1.29 is 19.1 Å². The molecule has 82 valence electrons. The third-order valence-electron chi connectivity index (χ3n) is 1.46. The summed E-state index contributed by atoms with van der Waals surface area (Å²) in [6.07, 6.45) is 0.600. The smallest absolute Gasteiger partial charge is 0.434 e. The van der Waals surface area contributed by atoms with E-state index in [2.05, 4.69) is 9.47 Å². The normalized spacial score (nSPS) is 11.9. The van der Waals surface area contributed by atoms with E-state index in [1.807, 2.05) is 6.92 Å². The highest BCUT2D eigenvalue weighted by molar-refractivity contribution is 5.85. The van der Waals surface area contributed by atoms with Crippen LogP contribution < -0.4 is 11.5 Å². The topological polar surface area (TPSA) is 105 Å². The van der Waals surface area contributed by atoms with Crippen LogP contribution in [0.15, 0.2) is 0 Å². The van der Waals surface area contributed by atoms with Crippen LogP contribution in [0.4, 0.5) is 4.79 Å². The van der Waals surface area contributed by atoms with Crippen molar-refractivity contribution in [3.05, 3.63) is 0 Å². The van der Waals surface area contributed by atoms with E-state index >= 15 is 0 Å². The molecule has 0 aliphatic heterocycles. The third kappa shape index (κ3) is 5.50. The zero-order valence-corrected chi connectivity index (χ0v) is 8.19. The summed E-state index contributed by atoms with van der Waals surface area (Å²) in [5.41, 5.74) is 10.3. The van der Waals surface area contributed by atoms with Crippen molar-refractivity contribution in [3.8, 4) is 0 Å². The molecule has 1 atom stereocenters. The molecule has 0 fully saturated rings. The summed E-state index contributed by atoms with van der Waals surface area (Å²) in [4.78, 5) is 21.7. The zero-order chi connectivity index (χ0) is 11.0. The summed E-state index contributed by atoms with van der Waals surface area (Å²) in [5.74, 6) is -0.867. The van der Waals surface area contributed by atoms with E-state index in [-0.39, 0.29) is 13.2 Å². The first-order valence-electron chi connectivity index (χ1n) is 4.45. The molecule has 0 aromatic heterocycles. The first kappa shape index (κ1) is 12.9. The lowest BCUT2D eigenvalue weighted by Gasteiger charge is -2.07. The van der Waals surface area contributed by atoms with Crippen LogP contribution in [0.5, 0.6) is 0 Å². The minimum atomic E-state index is -1.02. The molecule has 0 amide bonds. The van der Waals surface area contributed by atoms with Crippen LogP contribution in [-0.2, 0) is 14.3 Å². The summed E-state index contributed by atoms with van der Waals surface area (Å²) in [6.45, 7) is 2.12. The molecule has 0 rings (SSSR count). The van der Waals surface area contributed by atoms with Gasteiger partial charge in [0.1, 0.15) is 6.04 Å². The molecule has 0 saturated heterocycles. The van der Waals surface area contributed by atoms with E-state index in [9.17, 15) is 9.59 Å². The first-order valence-corrected chi connectivity index (χ1v) is 4.45.